The molecule has 82 valence electrons. The molecule has 0 saturated heterocycles. The molecule has 0 bridgehead atoms. The van der Waals surface area contributed by atoms with Gasteiger partial charge in [-0.3, -0.25) is 4.79 Å². The molecule has 2 aliphatic carbocycles. The van der Waals surface area contributed by atoms with Crippen LogP contribution in [0.15, 0.2) is 24.3 Å². The predicted molar refractivity (Wildman–Crippen MR) is 62.6 cm³/mol. The summed E-state index contributed by atoms with van der Waals surface area (Å²) in [4.78, 5) is 11.2. The molecule has 2 rings (SSSR count). The zero-order valence-corrected chi connectivity index (χ0v) is 9.81. The van der Waals surface area contributed by atoms with Crippen LogP contribution in [0.5, 0.6) is 0 Å². The SMILES string of the molecule is C=C1CCCC1(C)C1(C)C=CC(=O)CC1. The van der Waals surface area contributed by atoms with Gasteiger partial charge in [0.1, 0.15) is 0 Å². The number of hydrogen-bond acceptors (Lipinski definition) is 1. The van der Waals surface area contributed by atoms with Crippen LogP contribution < -0.4 is 0 Å². The molecule has 2 aliphatic rings. The molecule has 0 aliphatic heterocycles. The van der Waals surface area contributed by atoms with Crippen LogP contribution in [0.25, 0.3) is 0 Å². The van der Waals surface area contributed by atoms with Crippen LogP contribution in [-0.4, -0.2) is 5.78 Å². The van der Waals surface area contributed by atoms with Gasteiger partial charge in [0.15, 0.2) is 5.78 Å². The van der Waals surface area contributed by atoms with Gasteiger partial charge in [0.2, 0.25) is 0 Å². The molecule has 1 heteroatoms. The highest BCUT2D eigenvalue weighted by molar-refractivity contribution is 5.90. The summed E-state index contributed by atoms with van der Waals surface area (Å²) in [6.07, 6.45) is 9.24. The van der Waals surface area contributed by atoms with E-state index in [1.54, 1.807) is 6.08 Å². The number of carbonyl (C=O) groups excluding carboxylic acids is 1. The lowest BCUT2D eigenvalue weighted by atomic mass is 9.59. The molecule has 0 spiro atoms. The third kappa shape index (κ3) is 1.49. The van der Waals surface area contributed by atoms with E-state index in [2.05, 4.69) is 26.5 Å². The summed E-state index contributed by atoms with van der Waals surface area (Å²) in [5.41, 5.74) is 1.74. The lowest BCUT2D eigenvalue weighted by Gasteiger charge is -2.45. The summed E-state index contributed by atoms with van der Waals surface area (Å²) in [5.74, 6) is 0.277. The number of allylic oxidation sites excluding steroid dienone is 3. The van der Waals surface area contributed by atoms with Gasteiger partial charge in [0.25, 0.3) is 0 Å². The van der Waals surface area contributed by atoms with E-state index in [1.165, 1.54) is 18.4 Å². The Balaban J connectivity index is 2.33. The van der Waals surface area contributed by atoms with Crippen molar-refractivity contribution in [3.8, 4) is 0 Å². The highest BCUT2D eigenvalue weighted by atomic mass is 16.1. The van der Waals surface area contributed by atoms with Crippen molar-refractivity contribution in [1.29, 1.82) is 0 Å². The van der Waals surface area contributed by atoms with Crippen LogP contribution in [0.4, 0.5) is 0 Å². The molecule has 2 atom stereocenters. The van der Waals surface area contributed by atoms with Crippen LogP contribution in [-0.2, 0) is 4.79 Å². The molecule has 0 heterocycles. The van der Waals surface area contributed by atoms with Gasteiger partial charge >= 0.3 is 0 Å². The summed E-state index contributed by atoms with van der Waals surface area (Å²) in [6.45, 7) is 8.83. The van der Waals surface area contributed by atoms with Crippen molar-refractivity contribution in [1.82, 2.24) is 0 Å². The van der Waals surface area contributed by atoms with E-state index in [1.807, 2.05) is 0 Å². The minimum Gasteiger partial charge on any atom is -0.295 e. The first-order valence-corrected chi connectivity index (χ1v) is 5.88. The van der Waals surface area contributed by atoms with Crippen molar-refractivity contribution in [2.75, 3.05) is 0 Å². The van der Waals surface area contributed by atoms with E-state index in [0.29, 0.717) is 6.42 Å². The third-order valence-electron chi connectivity index (χ3n) is 4.72. The Labute approximate surface area is 92.3 Å². The second kappa shape index (κ2) is 3.33. The molecular weight excluding hydrogens is 184 g/mol. The summed E-state index contributed by atoms with van der Waals surface area (Å²) in [5, 5.41) is 0. The minimum absolute atomic E-state index is 0.147. The number of rotatable bonds is 1. The topological polar surface area (TPSA) is 17.1 Å². The average Bonchev–Trinajstić information content (AvgIpc) is 2.54. The zero-order valence-electron chi connectivity index (χ0n) is 9.81. The molecule has 1 nitrogen and oxygen atoms in total. The number of ketones is 1. The van der Waals surface area contributed by atoms with E-state index in [9.17, 15) is 4.79 Å². The molecule has 2 unspecified atom stereocenters. The Bertz CT molecular complexity index is 339. The molecule has 1 saturated carbocycles. The first kappa shape index (κ1) is 10.7. The molecule has 0 aromatic carbocycles. The first-order chi connectivity index (χ1) is 6.98. The molecule has 0 N–H and O–H groups in total. The Kier molecular flexibility index (Phi) is 2.37. The van der Waals surface area contributed by atoms with Gasteiger partial charge in [-0.2, -0.15) is 0 Å². The fourth-order valence-corrected chi connectivity index (χ4v) is 3.08. The molecule has 15 heavy (non-hydrogen) atoms. The second-order valence-electron chi connectivity index (χ2n) is 5.51. The monoisotopic (exact) mass is 204 g/mol. The van der Waals surface area contributed by atoms with E-state index >= 15 is 0 Å². The quantitative estimate of drug-likeness (QED) is 0.596. The van der Waals surface area contributed by atoms with Crippen molar-refractivity contribution in [2.24, 2.45) is 10.8 Å². The third-order valence-corrected chi connectivity index (χ3v) is 4.72. The van der Waals surface area contributed by atoms with Crippen LogP contribution in [0.1, 0.15) is 46.0 Å². The first-order valence-electron chi connectivity index (χ1n) is 5.88. The van der Waals surface area contributed by atoms with Gasteiger partial charge in [-0.25, -0.2) is 0 Å². The number of carbonyl (C=O) groups is 1. The molecular formula is C14H20O. The lowest BCUT2D eigenvalue weighted by Crippen LogP contribution is -2.37. The van der Waals surface area contributed by atoms with Gasteiger partial charge in [-0.05, 0) is 42.6 Å². The van der Waals surface area contributed by atoms with Crippen molar-refractivity contribution >= 4 is 5.78 Å². The van der Waals surface area contributed by atoms with E-state index in [0.717, 1.165) is 12.8 Å². The van der Waals surface area contributed by atoms with Gasteiger partial charge in [-0.1, -0.05) is 32.1 Å². The van der Waals surface area contributed by atoms with E-state index < -0.39 is 0 Å². The predicted octanol–water partition coefficient (Wildman–Crippen LogP) is 3.66. The van der Waals surface area contributed by atoms with Gasteiger partial charge < -0.3 is 0 Å². The lowest BCUT2D eigenvalue weighted by molar-refractivity contribution is -0.116. The van der Waals surface area contributed by atoms with Crippen LogP contribution in [0.2, 0.25) is 0 Å². The maximum atomic E-state index is 11.2. The van der Waals surface area contributed by atoms with Gasteiger partial charge in [-0.15, -0.1) is 0 Å². The molecule has 1 fully saturated rings. The molecule has 0 radical (unpaired) electrons. The maximum Gasteiger partial charge on any atom is 0.155 e. The Morgan fingerprint density at radius 3 is 2.47 bits per heavy atom. The standard InChI is InChI=1S/C14H20O/c1-11-5-4-8-14(11,3)13(2)9-6-12(15)7-10-13/h6,9H,1,4-5,7-8,10H2,2-3H3. The van der Waals surface area contributed by atoms with Crippen molar-refractivity contribution in [2.45, 2.75) is 46.0 Å². The highest BCUT2D eigenvalue weighted by Crippen LogP contribution is 2.57. The van der Waals surface area contributed by atoms with Gasteiger partial charge in [0, 0.05) is 6.42 Å². The normalized spacial score (nSPS) is 41.2. The molecule has 0 aromatic heterocycles. The smallest absolute Gasteiger partial charge is 0.155 e. The Morgan fingerprint density at radius 1 is 1.27 bits per heavy atom. The van der Waals surface area contributed by atoms with E-state index in [4.69, 9.17) is 0 Å². The minimum atomic E-state index is 0.147. The summed E-state index contributed by atoms with van der Waals surface area (Å²) in [7, 11) is 0. The van der Waals surface area contributed by atoms with Gasteiger partial charge in [0.05, 0.1) is 0 Å². The largest absolute Gasteiger partial charge is 0.295 e. The van der Waals surface area contributed by atoms with Crippen LogP contribution in [0, 0.1) is 10.8 Å². The second-order valence-corrected chi connectivity index (χ2v) is 5.51. The van der Waals surface area contributed by atoms with Crippen LogP contribution in [0.3, 0.4) is 0 Å². The fourth-order valence-electron chi connectivity index (χ4n) is 3.08. The summed E-state index contributed by atoms with van der Waals surface area (Å²) >= 11 is 0. The average molecular weight is 204 g/mol. The van der Waals surface area contributed by atoms with Crippen molar-refractivity contribution in [3.05, 3.63) is 24.3 Å². The summed E-state index contributed by atoms with van der Waals surface area (Å²) < 4.78 is 0. The zero-order chi connectivity index (χ0) is 11.1. The number of hydrogen-bond donors (Lipinski definition) is 0. The highest BCUT2D eigenvalue weighted by Gasteiger charge is 2.47. The van der Waals surface area contributed by atoms with E-state index in [-0.39, 0.29) is 16.6 Å². The van der Waals surface area contributed by atoms with Crippen molar-refractivity contribution in [3.63, 3.8) is 0 Å². The maximum absolute atomic E-state index is 11.2. The Hall–Kier alpha value is -0.850. The molecule has 0 amide bonds. The van der Waals surface area contributed by atoms with Crippen molar-refractivity contribution < 1.29 is 4.79 Å². The molecule has 0 aromatic rings. The summed E-state index contributed by atoms with van der Waals surface area (Å²) in [6, 6.07) is 0. The fraction of sp³-hybridized carbons (Fsp3) is 0.643. The Morgan fingerprint density at radius 2 is 2.00 bits per heavy atom. The van der Waals surface area contributed by atoms with Crippen LogP contribution >= 0.6 is 0 Å².